The fraction of sp³-hybridized carbons (Fsp3) is 0.444. The Bertz CT molecular complexity index is 809. The predicted molar refractivity (Wildman–Crippen MR) is 88.7 cm³/mol. The summed E-state index contributed by atoms with van der Waals surface area (Å²) in [6.07, 6.45) is 1.25. The van der Waals surface area contributed by atoms with Crippen LogP contribution in [0.25, 0.3) is 0 Å². The van der Waals surface area contributed by atoms with Crippen LogP contribution in [0.15, 0.2) is 18.2 Å². The zero-order chi connectivity index (χ0) is 19.1. The molecular formula is C18H19FN2O5. The number of aliphatic carboxylic acids is 1. The number of hydrogen-bond acceptors (Lipinski definition) is 4. The monoisotopic (exact) mass is 362 g/mol. The fourth-order valence-corrected chi connectivity index (χ4v) is 3.25. The highest BCUT2D eigenvalue weighted by Crippen LogP contribution is 2.29. The Hall–Kier alpha value is -2.77. The Balaban J connectivity index is 1.82. The Labute approximate surface area is 149 Å². The molecule has 1 N–H and O–H groups in total. The molecule has 0 bridgehead atoms. The van der Waals surface area contributed by atoms with Crippen molar-refractivity contribution in [3.8, 4) is 0 Å². The summed E-state index contributed by atoms with van der Waals surface area (Å²) >= 11 is 0. The van der Waals surface area contributed by atoms with Gasteiger partial charge in [0.2, 0.25) is 5.67 Å². The molecule has 7 nitrogen and oxygen atoms in total. The number of carboxylic acid groups (broad SMARTS) is 1. The van der Waals surface area contributed by atoms with Crippen LogP contribution in [0.2, 0.25) is 0 Å². The molecule has 1 atom stereocenters. The first-order valence-corrected chi connectivity index (χ1v) is 8.50. The topological polar surface area (TPSA) is 95.0 Å². The van der Waals surface area contributed by atoms with Crippen LogP contribution in [-0.2, 0) is 4.79 Å². The predicted octanol–water partition coefficient (Wildman–Crippen LogP) is 1.72. The van der Waals surface area contributed by atoms with E-state index in [1.807, 2.05) is 6.92 Å². The second-order valence-electron chi connectivity index (χ2n) is 6.62. The zero-order valence-corrected chi connectivity index (χ0v) is 14.3. The lowest BCUT2D eigenvalue weighted by atomic mass is 10.0. The van der Waals surface area contributed by atoms with Gasteiger partial charge in [-0.1, -0.05) is 13.3 Å². The largest absolute Gasteiger partial charge is 0.479 e. The minimum absolute atomic E-state index is 0.0196. The molecule has 3 amide bonds. The first-order chi connectivity index (χ1) is 12.3. The first-order valence-electron chi connectivity index (χ1n) is 8.50. The summed E-state index contributed by atoms with van der Waals surface area (Å²) in [5.74, 6) is -2.97. The van der Waals surface area contributed by atoms with E-state index in [9.17, 15) is 23.6 Å². The van der Waals surface area contributed by atoms with E-state index in [1.54, 1.807) is 0 Å². The average molecular weight is 362 g/mol. The van der Waals surface area contributed by atoms with Gasteiger partial charge in [-0.05, 0) is 24.6 Å². The number of likely N-dealkylation sites (tertiary alicyclic amines) is 1. The van der Waals surface area contributed by atoms with E-state index in [1.165, 1.54) is 18.2 Å². The number of rotatable bonds is 5. The first kappa shape index (κ1) is 18.0. The Morgan fingerprint density at radius 2 is 1.92 bits per heavy atom. The van der Waals surface area contributed by atoms with E-state index in [4.69, 9.17) is 5.11 Å². The van der Waals surface area contributed by atoms with Gasteiger partial charge in [-0.3, -0.25) is 19.3 Å². The van der Waals surface area contributed by atoms with Gasteiger partial charge in [-0.15, -0.1) is 0 Å². The van der Waals surface area contributed by atoms with Crippen molar-refractivity contribution in [1.82, 2.24) is 9.80 Å². The van der Waals surface area contributed by atoms with Crippen LogP contribution in [0.5, 0.6) is 0 Å². The van der Waals surface area contributed by atoms with E-state index >= 15 is 0 Å². The van der Waals surface area contributed by atoms with Crippen LogP contribution in [0, 0.1) is 0 Å². The van der Waals surface area contributed by atoms with E-state index in [0.29, 0.717) is 13.0 Å². The van der Waals surface area contributed by atoms with Crippen molar-refractivity contribution in [1.29, 1.82) is 0 Å². The maximum atomic E-state index is 14.2. The number of halogens is 1. The summed E-state index contributed by atoms with van der Waals surface area (Å²) < 4.78 is 14.2. The lowest BCUT2D eigenvalue weighted by molar-refractivity contribution is -0.149. The summed E-state index contributed by atoms with van der Waals surface area (Å²) in [6.45, 7) is 1.72. The number of imide groups is 1. The van der Waals surface area contributed by atoms with Crippen LogP contribution >= 0.6 is 0 Å². The zero-order valence-electron chi connectivity index (χ0n) is 14.3. The lowest BCUT2D eigenvalue weighted by Crippen LogP contribution is -2.38. The number of alkyl halides is 1. The minimum Gasteiger partial charge on any atom is -0.479 e. The van der Waals surface area contributed by atoms with Gasteiger partial charge in [0.25, 0.3) is 17.7 Å². The molecule has 1 aromatic carbocycles. The van der Waals surface area contributed by atoms with Crippen LogP contribution in [0.3, 0.4) is 0 Å². The molecule has 2 aliphatic rings. The maximum Gasteiger partial charge on any atom is 0.343 e. The third-order valence-corrected chi connectivity index (χ3v) is 4.84. The Kier molecular flexibility index (Phi) is 4.52. The average Bonchev–Trinajstić information content (AvgIpc) is 3.13. The number of benzene rings is 1. The minimum atomic E-state index is -2.45. The molecule has 1 saturated heterocycles. The Morgan fingerprint density at radius 3 is 2.54 bits per heavy atom. The number of fused-ring (bicyclic) bond motifs is 1. The number of hydrogen-bond donors (Lipinski definition) is 1. The second kappa shape index (κ2) is 6.51. The molecule has 1 aromatic rings. The maximum absolute atomic E-state index is 14.2. The number of carbonyl (C=O) groups is 4. The van der Waals surface area contributed by atoms with E-state index < -0.39 is 30.0 Å². The molecule has 1 unspecified atom stereocenters. The van der Waals surface area contributed by atoms with Gasteiger partial charge in [0, 0.05) is 25.1 Å². The van der Waals surface area contributed by atoms with E-state index in [-0.39, 0.29) is 35.6 Å². The highest BCUT2D eigenvalue weighted by atomic mass is 19.1. The fourth-order valence-electron chi connectivity index (χ4n) is 3.25. The summed E-state index contributed by atoms with van der Waals surface area (Å²) in [6, 6.07) is 4.17. The normalized spacial score (nSPS) is 22.1. The number of nitrogens with zero attached hydrogens (tertiary/aromatic N) is 2. The van der Waals surface area contributed by atoms with Gasteiger partial charge in [-0.25, -0.2) is 9.18 Å². The standard InChI is InChI=1S/C18H19FN2O5/c1-2-3-7-21-15(23)12-5-4-11(9-13(12)16(21)24)14(22)20-8-6-18(19,10-20)17(25)26/h4-5,9H,2-3,6-8,10H2,1H3,(H,25,26). The summed E-state index contributed by atoms with van der Waals surface area (Å²) in [7, 11) is 0. The van der Waals surface area contributed by atoms with Crippen LogP contribution in [-0.4, -0.2) is 63.9 Å². The van der Waals surface area contributed by atoms with E-state index in [0.717, 1.165) is 16.2 Å². The van der Waals surface area contributed by atoms with Gasteiger partial charge in [-0.2, -0.15) is 0 Å². The number of amides is 3. The van der Waals surface area contributed by atoms with Crippen molar-refractivity contribution in [2.24, 2.45) is 0 Å². The van der Waals surface area contributed by atoms with Crippen molar-refractivity contribution < 1.29 is 28.7 Å². The second-order valence-corrected chi connectivity index (χ2v) is 6.62. The molecule has 1 fully saturated rings. The lowest BCUT2D eigenvalue weighted by Gasteiger charge is -2.18. The third kappa shape index (κ3) is 2.85. The van der Waals surface area contributed by atoms with E-state index in [2.05, 4.69) is 0 Å². The molecular weight excluding hydrogens is 343 g/mol. The smallest absolute Gasteiger partial charge is 0.343 e. The van der Waals surface area contributed by atoms with Crippen LogP contribution < -0.4 is 0 Å². The van der Waals surface area contributed by atoms with Crippen LogP contribution in [0.4, 0.5) is 4.39 Å². The molecule has 0 radical (unpaired) electrons. The number of unbranched alkanes of at least 4 members (excludes halogenated alkanes) is 1. The summed E-state index contributed by atoms with van der Waals surface area (Å²) in [5.41, 5.74) is -1.91. The van der Waals surface area contributed by atoms with Gasteiger partial charge < -0.3 is 10.0 Å². The molecule has 26 heavy (non-hydrogen) atoms. The molecule has 2 heterocycles. The SMILES string of the molecule is CCCCN1C(=O)c2ccc(C(=O)N3CCC(F)(C(=O)O)C3)cc2C1=O. The molecule has 0 saturated carbocycles. The van der Waals surface area contributed by atoms with Crippen molar-refractivity contribution in [2.45, 2.75) is 31.9 Å². The molecule has 8 heteroatoms. The molecule has 2 aliphatic heterocycles. The molecule has 0 aromatic heterocycles. The highest BCUT2D eigenvalue weighted by molar-refractivity contribution is 6.22. The summed E-state index contributed by atoms with van der Waals surface area (Å²) in [4.78, 5) is 50.6. The number of carbonyl (C=O) groups excluding carboxylic acids is 3. The quantitative estimate of drug-likeness (QED) is 0.805. The van der Waals surface area contributed by atoms with Gasteiger partial charge in [0.05, 0.1) is 17.7 Å². The molecule has 0 spiro atoms. The van der Waals surface area contributed by atoms with Crippen molar-refractivity contribution in [3.63, 3.8) is 0 Å². The third-order valence-electron chi connectivity index (χ3n) is 4.84. The molecule has 0 aliphatic carbocycles. The van der Waals surface area contributed by atoms with Crippen molar-refractivity contribution in [2.75, 3.05) is 19.6 Å². The summed E-state index contributed by atoms with van der Waals surface area (Å²) in [5, 5.41) is 8.93. The highest BCUT2D eigenvalue weighted by Gasteiger charge is 2.47. The Morgan fingerprint density at radius 1 is 1.23 bits per heavy atom. The van der Waals surface area contributed by atoms with Crippen molar-refractivity contribution in [3.05, 3.63) is 34.9 Å². The van der Waals surface area contributed by atoms with Gasteiger partial charge in [0.15, 0.2) is 0 Å². The van der Waals surface area contributed by atoms with Crippen LogP contribution in [0.1, 0.15) is 57.3 Å². The number of carboxylic acids is 1. The van der Waals surface area contributed by atoms with Crippen molar-refractivity contribution >= 4 is 23.7 Å². The van der Waals surface area contributed by atoms with Gasteiger partial charge in [0.1, 0.15) is 0 Å². The molecule has 138 valence electrons. The van der Waals surface area contributed by atoms with Gasteiger partial charge >= 0.3 is 5.97 Å². The molecule has 3 rings (SSSR count).